The van der Waals surface area contributed by atoms with Gasteiger partial charge in [-0.05, 0) is 30.6 Å². The van der Waals surface area contributed by atoms with E-state index >= 15 is 0 Å². The molecule has 0 aliphatic heterocycles. The summed E-state index contributed by atoms with van der Waals surface area (Å²) in [7, 11) is 0. The van der Waals surface area contributed by atoms with Crippen molar-refractivity contribution < 1.29 is 4.74 Å². The first-order valence-electron chi connectivity index (χ1n) is 5.16. The molecule has 0 spiro atoms. The van der Waals surface area contributed by atoms with Crippen molar-refractivity contribution in [2.24, 2.45) is 17.8 Å². The van der Waals surface area contributed by atoms with Gasteiger partial charge in [-0.1, -0.05) is 38.8 Å². The average molecular weight is 203 g/mol. The first-order chi connectivity index (χ1) is 6.15. The normalized spacial score (nSPS) is 35.3. The van der Waals surface area contributed by atoms with Crippen LogP contribution in [0.4, 0.5) is 0 Å². The summed E-state index contributed by atoms with van der Waals surface area (Å²) in [4.78, 5) is 0. The summed E-state index contributed by atoms with van der Waals surface area (Å²) in [5.74, 6) is 2.11. The van der Waals surface area contributed by atoms with Crippen LogP contribution in [0.25, 0.3) is 0 Å². The largest absolute Gasteiger partial charge is 0.348 e. The molecule has 1 aliphatic carbocycles. The Bertz CT molecular complexity index is 147. The standard InChI is InChI=1S/C11H19ClO/c1-8(2)10-5-4-9(3)6-11(10)13-7-12/h8-11H,4-6H2,1-3H3/t9-,10+,11+/m1/s1. The van der Waals surface area contributed by atoms with Gasteiger partial charge in [-0.25, -0.2) is 0 Å². The van der Waals surface area contributed by atoms with E-state index in [9.17, 15) is 0 Å². The molecule has 1 aliphatic rings. The summed E-state index contributed by atoms with van der Waals surface area (Å²) in [5.41, 5.74) is 0. The Morgan fingerprint density at radius 2 is 2.08 bits per heavy atom. The maximum Gasteiger partial charge on any atom is 0.237 e. The molecule has 1 rings (SSSR count). The number of hydrogen-bond acceptors (Lipinski definition) is 1. The highest BCUT2D eigenvalue weighted by Gasteiger charge is 2.31. The van der Waals surface area contributed by atoms with Crippen LogP contribution < -0.4 is 0 Å². The quantitative estimate of drug-likeness (QED) is 0.678. The molecule has 1 saturated carbocycles. The minimum absolute atomic E-state index is 0.293. The minimum Gasteiger partial charge on any atom is -0.348 e. The van der Waals surface area contributed by atoms with E-state index in [1.807, 2.05) is 0 Å². The smallest absolute Gasteiger partial charge is 0.237 e. The van der Waals surface area contributed by atoms with Gasteiger partial charge in [-0.2, -0.15) is 0 Å². The molecule has 2 heteroatoms. The fourth-order valence-electron chi connectivity index (χ4n) is 2.31. The number of rotatable bonds is 3. The molecule has 1 fully saturated rings. The Hall–Kier alpha value is 0.250. The summed E-state index contributed by atoms with van der Waals surface area (Å²) in [6.45, 7) is 6.79. The molecule has 0 aromatic carbocycles. The maximum atomic E-state index is 5.38. The van der Waals surface area contributed by atoms with E-state index in [2.05, 4.69) is 26.8 Å². The van der Waals surface area contributed by atoms with Crippen LogP contribution in [0.5, 0.6) is 0 Å². The average Bonchev–Trinajstić information content (AvgIpc) is 2.04. The van der Waals surface area contributed by atoms with E-state index in [0.717, 1.165) is 12.3 Å². The molecular formula is C11H19ClO. The van der Waals surface area contributed by atoms with Gasteiger partial charge >= 0.3 is 0 Å². The highest BCUT2D eigenvalue weighted by Crippen LogP contribution is 2.35. The molecule has 0 unspecified atom stereocenters. The van der Waals surface area contributed by atoms with Crippen LogP contribution in [0.3, 0.4) is 0 Å². The second-order valence-electron chi connectivity index (χ2n) is 4.56. The van der Waals surface area contributed by atoms with Crippen LogP contribution >= 0.6 is 11.6 Å². The minimum atomic E-state index is 0.293. The van der Waals surface area contributed by atoms with Gasteiger partial charge in [0, 0.05) is 0 Å². The van der Waals surface area contributed by atoms with Crippen LogP contribution in [0.15, 0.2) is 0 Å². The monoisotopic (exact) mass is 202 g/mol. The van der Waals surface area contributed by atoms with Crippen LogP contribution in [0, 0.1) is 23.8 Å². The Morgan fingerprint density at radius 1 is 1.38 bits per heavy atom. The van der Waals surface area contributed by atoms with Crippen molar-refractivity contribution >= 4 is 11.6 Å². The first-order valence-corrected chi connectivity index (χ1v) is 5.54. The molecule has 0 heterocycles. The van der Waals surface area contributed by atoms with Crippen molar-refractivity contribution in [2.75, 3.05) is 0 Å². The number of hydrogen-bond donors (Lipinski definition) is 0. The van der Waals surface area contributed by atoms with Crippen LogP contribution in [-0.2, 0) is 4.74 Å². The van der Waals surface area contributed by atoms with Crippen molar-refractivity contribution in [3.8, 4) is 0 Å². The summed E-state index contributed by atoms with van der Waals surface area (Å²) in [6.07, 6.45) is 4.01. The summed E-state index contributed by atoms with van der Waals surface area (Å²) >= 11 is 5.38. The Morgan fingerprint density at radius 3 is 2.62 bits per heavy atom. The Kier molecular flexibility index (Phi) is 4.54. The lowest BCUT2D eigenvalue weighted by Gasteiger charge is -2.36. The zero-order valence-corrected chi connectivity index (χ0v) is 9.47. The molecule has 0 N–H and O–H groups in total. The molecule has 0 bridgehead atoms. The topological polar surface area (TPSA) is 9.23 Å². The zero-order chi connectivity index (χ0) is 9.84. The third kappa shape index (κ3) is 3.14. The van der Waals surface area contributed by atoms with E-state index < -0.39 is 0 Å². The third-order valence-corrected chi connectivity index (χ3v) is 3.25. The van der Waals surface area contributed by atoms with E-state index in [-0.39, 0.29) is 0 Å². The van der Waals surface area contributed by atoms with Gasteiger partial charge in [0.2, 0.25) is 6.07 Å². The van der Waals surface area contributed by atoms with Crippen LogP contribution in [-0.4, -0.2) is 6.10 Å². The zero-order valence-electron chi connectivity index (χ0n) is 8.72. The summed E-state index contributed by atoms with van der Waals surface area (Å²) < 4.78 is 5.34. The van der Waals surface area contributed by atoms with Gasteiger partial charge < -0.3 is 4.74 Å². The van der Waals surface area contributed by atoms with Crippen molar-refractivity contribution in [3.63, 3.8) is 0 Å². The van der Waals surface area contributed by atoms with Crippen LogP contribution in [0.2, 0.25) is 0 Å². The number of halogens is 1. The van der Waals surface area contributed by atoms with Gasteiger partial charge in [-0.15, -0.1) is 0 Å². The van der Waals surface area contributed by atoms with E-state index in [1.54, 1.807) is 0 Å². The molecule has 0 aromatic heterocycles. The van der Waals surface area contributed by atoms with Crippen molar-refractivity contribution in [1.29, 1.82) is 0 Å². The summed E-state index contributed by atoms with van der Waals surface area (Å²) in [5, 5.41) is 0. The lowest BCUT2D eigenvalue weighted by Crippen LogP contribution is -2.33. The maximum absolute atomic E-state index is 5.38. The molecule has 3 atom stereocenters. The molecule has 0 amide bonds. The fourth-order valence-corrected chi connectivity index (χ4v) is 2.42. The predicted molar refractivity (Wildman–Crippen MR) is 55.3 cm³/mol. The van der Waals surface area contributed by atoms with E-state index in [0.29, 0.717) is 17.9 Å². The third-order valence-electron chi connectivity index (χ3n) is 3.16. The molecule has 2 radical (unpaired) electrons. The molecule has 1 nitrogen and oxygen atoms in total. The highest BCUT2D eigenvalue weighted by atomic mass is 35.5. The van der Waals surface area contributed by atoms with Crippen molar-refractivity contribution in [1.82, 2.24) is 0 Å². The van der Waals surface area contributed by atoms with Gasteiger partial charge in [-0.3, -0.25) is 0 Å². The predicted octanol–water partition coefficient (Wildman–Crippen LogP) is 3.70. The SMILES string of the molecule is CC(C)[C@@H]1CC[C@@H](C)C[C@@H]1O[C]Cl. The molecule has 0 saturated heterocycles. The van der Waals surface area contributed by atoms with Gasteiger partial charge in [0.25, 0.3) is 0 Å². The Balaban J connectivity index is 2.50. The van der Waals surface area contributed by atoms with Crippen molar-refractivity contribution in [3.05, 3.63) is 6.07 Å². The molecular weight excluding hydrogens is 184 g/mol. The van der Waals surface area contributed by atoms with E-state index in [4.69, 9.17) is 16.3 Å². The van der Waals surface area contributed by atoms with Crippen LogP contribution in [0.1, 0.15) is 40.0 Å². The summed E-state index contributed by atoms with van der Waals surface area (Å²) in [6, 6.07) is 2.32. The molecule has 13 heavy (non-hydrogen) atoms. The number of ether oxygens (including phenoxy) is 1. The van der Waals surface area contributed by atoms with E-state index in [1.165, 1.54) is 12.8 Å². The fraction of sp³-hybridized carbons (Fsp3) is 0.909. The van der Waals surface area contributed by atoms with Gasteiger partial charge in [0.15, 0.2) is 0 Å². The lowest BCUT2D eigenvalue weighted by molar-refractivity contribution is 0.00394. The van der Waals surface area contributed by atoms with Gasteiger partial charge in [0.05, 0.1) is 6.10 Å². The second-order valence-corrected chi connectivity index (χ2v) is 4.71. The van der Waals surface area contributed by atoms with Gasteiger partial charge in [0.1, 0.15) is 0 Å². The molecule has 0 aromatic rings. The second kappa shape index (κ2) is 5.21. The molecule has 76 valence electrons. The van der Waals surface area contributed by atoms with Crippen molar-refractivity contribution in [2.45, 2.75) is 46.1 Å². The highest BCUT2D eigenvalue weighted by molar-refractivity contribution is 6.22. The first kappa shape index (κ1) is 11.3. The Labute approximate surface area is 86.8 Å². The lowest BCUT2D eigenvalue weighted by atomic mass is 9.75.